The van der Waals surface area contributed by atoms with Gasteiger partial charge in [0.1, 0.15) is 0 Å². The minimum absolute atomic E-state index is 0.265. The van der Waals surface area contributed by atoms with E-state index in [1.807, 2.05) is 38.1 Å². The van der Waals surface area contributed by atoms with Crippen LogP contribution in [0.1, 0.15) is 76.6 Å². The summed E-state index contributed by atoms with van der Waals surface area (Å²) in [5.74, 6) is -1.85. The minimum atomic E-state index is -4.26. The fourth-order valence-electron chi connectivity index (χ4n) is 3.95. The number of hydrogen-bond donors (Lipinski definition) is 1. The van der Waals surface area contributed by atoms with Crippen molar-refractivity contribution in [2.45, 2.75) is 72.4 Å². The smallest absolute Gasteiger partial charge is 0.358 e. The zero-order valence-corrected chi connectivity index (χ0v) is 23.1. The van der Waals surface area contributed by atoms with Crippen LogP contribution in [0.5, 0.6) is 0 Å². The van der Waals surface area contributed by atoms with Crippen molar-refractivity contribution in [2.24, 2.45) is 4.99 Å². The van der Waals surface area contributed by atoms with Crippen LogP contribution in [0.3, 0.4) is 0 Å². The maximum atomic E-state index is 14.2. The molecule has 0 amide bonds. The monoisotopic (exact) mass is 552 g/mol. The van der Waals surface area contributed by atoms with Crippen molar-refractivity contribution in [3.8, 4) is 0 Å². The first-order chi connectivity index (χ1) is 17.9. The Morgan fingerprint density at radius 3 is 2.45 bits per heavy atom. The van der Waals surface area contributed by atoms with E-state index in [1.54, 1.807) is 19.1 Å². The molecule has 0 aliphatic rings. The number of nitrogens with zero attached hydrogens (tertiary/aromatic N) is 1. The molecule has 0 spiro atoms. The van der Waals surface area contributed by atoms with Gasteiger partial charge in [-0.25, -0.2) is 8.78 Å². The number of alkyl halides is 3. The first-order valence-electron chi connectivity index (χ1n) is 12.6. The lowest BCUT2D eigenvalue weighted by molar-refractivity contribution is -0.0911. The molecule has 0 bridgehead atoms. The molecule has 38 heavy (non-hydrogen) atoms. The van der Waals surface area contributed by atoms with Crippen LogP contribution >= 0.6 is 11.6 Å². The number of aryl methyl sites for hydroxylation is 1. The number of benzene rings is 2. The molecule has 0 aliphatic carbocycles. The largest absolute Gasteiger partial charge is 0.412 e. The van der Waals surface area contributed by atoms with E-state index in [-0.39, 0.29) is 5.92 Å². The molecule has 206 valence electrons. The number of aliphatic imine (C=N–C) groups is 1. The van der Waals surface area contributed by atoms with E-state index in [4.69, 9.17) is 11.6 Å². The molecule has 1 atom stereocenters. The van der Waals surface area contributed by atoms with Crippen molar-refractivity contribution in [3.63, 3.8) is 0 Å². The van der Waals surface area contributed by atoms with Gasteiger partial charge in [0.2, 0.25) is 0 Å². The summed E-state index contributed by atoms with van der Waals surface area (Å²) in [7, 11) is 0. The molecule has 1 N–H and O–H groups in total. The first kappa shape index (κ1) is 31.3. The van der Waals surface area contributed by atoms with E-state index >= 15 is 0 Å². The molecule has 1 aromatic heterocycles. The Balaban J connectivity index is 0.000000312. The summed E-state index contributed by atoms with van der Waals surface area (Å²) < 4.78 is 63.8. The van der Waals surface area contributed by atoms with Gasteiger partial charge in [-0.2, -0.15) is 13.2 Å². The Kier molecular flexibility index (Phi) is 11.8. The first-order valence-corrected chi connectivity index (χ1v) is 13.0. The Morgan fingerprint density at radius 2 is 1.82 bits per heavy atom. The second kappa shape index (κ2) is 14.3. The van der Waals surface area contributed by atoms with Crippen LogP contribution < -0.4 is 0 Å². The maximum absolute atomic E-state index is 14.2. The quantitative estimate of drug-likeness (QED) is 0.213. The third kappa shape index (κ3) is 8.55. The van der Waals surface area contributed by atoms with E-state index in [0.717, 1.165) is 72.6 Å². The third-order valence-electron chi connectivity index (χ3n) is 6.11. The van der Waals surface area contributed by atoms with Crippen molar-refractivity contribution >= 4 is 28.7 Å². The number of aromatic nitrogens is 1. The maximum Gasteiger partial charge on any atom is 0.412 e. The molecule has 8 heteroatoms. The van der Waals surface area contributed by atoms with E-state index in [9.17, 15) is 22.0 Å². The molecule has 0 saturated heterocycles. The van der Waals surface area contributed by atoms with E-state index < -0.39 is 23.4 Å². The van der Waals surface area contributed by atoms with Crippen LogP contribution in [0.15, 0.2) is 64.8 Å². The Labute approximate surface area is 226 Å². The number of unbranched alkanes of at least 4 members (excludes halogenated alkanes) is 1. The van der Waals surface area contributed by atoms with Gasteiger partial charge in [0, 0.05) is 45.0 Å². The molecule has 3 rings (SSSR count). The lowest BCUT2D eigenvalue weighted by Gasteiger charge is -2.15. The highest BCUT2D eigenvalue weighted by molar-refractivity contribution is 6.31. The highest BCUT2D eigenvalue weighted by Crippen LogP contribution is 2.35. The lowest BCUT2D eigenvalue weighted by Crippen LogP contribution is -2.08. The van der Waals surface area contributed by atoms with Crippen LogP contribution in [0.4, 0.5) is 22.0 Å². The van der Waals surface area contributed by atoms with Crippen molar-refractivity contribution in [2.75, 3.05) is 0 Å². The second-order valence-electron chi connectivity index (χ2n) is 9.05. The normalized spacial score (nSPS) is 13.7. The molecule has 2 aromatic carbocycles. The lowest BCUT2D eigenvalue weighted by atomic mass is 9.92. The topological polar surface area (TPSA) is 28.1 Å². The zero-order valence-electron chi connectivity index (χ0n) is 22.3. The van der Waals surface area contributed by atoms with Gasteiger partial charge in [-0.1, -0.05) is 57.0 Å². The predicted molar refractivity (Wildman–Crippen MR) is 148 cm³/mol. The Hall–Kier alpha value is -2.93. The van der Waals surface area contributed by atoms with Crippen molar-refractivity contribution in [3.05, 3.63) is 93.3 Å². The summed E-state index contributed by atoms with van der Waals surface area (Å²) in [5.41, 5.74) is 3.49. The molecule has 0 fully saturated rings. The van der Waals surface area contributed by atoms with Gasteiger partial charge in [0.25, 0.3) is 0 Å². The van der Waals surface area contributed by atoms with Crippen LogP contribution in [-0.4, -0.2) is 17.4 Å². The van der Waals surface area contributed by atoms with Gasteiger partial charge >= 0.3 is 6.18 Å². The van der Waals surface area contributed by atoms with Crippen molar-refractivity contribution in [1.82, 2.24) is 4.98 Å². The Morgan fingerprint density at radius 1 is 1.11 bits per heavy atom. The summed E-state index contributed by atoms with van der Waals surface area (Å²) in [5, 5.41) is 1.74. The molecular weight excluding hydrogens is 519 g/mol. The van der Waals surface area contributed by atoms with Crippen LogP contribution in [0.25, 0.3) is 10.9 Å². The van der Waals surface area contributed by atoms with Crippen molar-refractivity contribution < 1.29 is 22.0 Å². The van der Waals surface area contributed by atoms with Crippen LogP contribution in [-0.2, 0) is 6.42 Å². The molecule has 1 unspecified atom stereocenters. The number of aromatic amines is 1. The van der Waals surface area contributed by atoms with E-state index in [2.05, 4.69) is 16.9 Å². The van der Waals surface area contributed by atoms with Crippen LogP contribution in [0.2, 0.25) is 5.02 Å². The summed E-state index contributed by atoms with van der Waals surface area (Å²) in [6, 6.07) is 10.1. The molecule has 2 nitrogen and oxygen atoms in total. The van der Waals surface area contributed by atoms with Crippen LogP contribution in [0, 0.1) is 11.6 Å². The van der Waals surface area contributed by atoms with Gasteiger partial charge in [0.15, 0.2) is 11.6 Å². The van der Waals surface area contributed by atoms with Gasteiger partial charge in [-0.15, -0.1) is 0 Å². The summed E-state index contributed by atoms with van der Waals surface area (Å²) in [4.78, 5) is 7.22. The van der Waals surface area contributed by atoms with Crippen molar-refractivity contribution in [1.29, 1.82) is 0 Å². The highest BCUT2D eigenvalue weighted by atomic mass is 35.5. The van der Waals surface area contributed by atoms with Gasteiger partial charge in [0.05, 0.1) is 0 Å². The fraction of sp³-hybridized carbons (Fsp3) is 0.367. The number of halogens is 6. The molecule has 0 aliphatic heterocycles. The van der Waals surface area contributed by atoms with Gasteiger partial charge < -0.3 is 4.98 Å². The highest BCUT2D eigenvalue weighted by Gasteiger charge is 2.29. The summed E-state index contributed by atoms with van der Waals surface area (Å²) in [6.45, 7) is 8.74. The number of fused-ring (bicyclic) bond motifs is 1. The van der Waals surface area contributed by atoms with E-state index in [1.165, 1.54) is 6.21 Å². The number of nitrogens with one attached hydrogen (secondary N) is 1. The van der Waals surface area contributed by atoms with Gasteiger partial charge in [-0.05, 0) is 74.6 Å². The van der Waals surface area contributed by atoms with E-state index in [0.29, 0.717) is 10.6 Å². The molecule has 0 radical (unpaired) electrons. The predicted octanol–water partition coefficient (Wildman–Crippen LogP) is 10.5. The average molecular weight is 553 g/mol. The number of rotatable bonds is 8. The number of H-pyrrole nitrogens is 1. The summed E-state index contributed by atoms with van der Waals surface area (Å²) >= 11 is 6.15. The molecular formula is C30H34ClF5N2. The fourth-order valence-corrected chi connectivity index (χ4v) is 4.13. The molecule has 1 heterocycles. The molecule has 0 saturated carbocycles. The number of hydrogen-bond acceptors (Lipinski definition) is 1. The zero-order chi connectivity index (χ0) is 28.5. The van der Waals surface area contributed by atoms with Gasteiger partial charge in [-0.3, -0.25) is 4.99 Å². The molecule has 3 aromatic rings. The Bertz CT molecular complexity index is 1300. The number of allylic oxidation sites excluding steroid dienone is 4. The summed E-state index contributed by atoms with van der Waals surface area (Å²) in [6.07, 6.45) is 3.53. The third-order valence-corrected chi connectivity index (χ3v) is 6.35. The second-order valence-corrected chi connectivity index (χ2v) is 9.49. The SMILES string of the molecule is CC/C=C(C)/N=C/C=C(\C)C(F)(F)F.CCCCc1c(C(C)c2cccc(F)c2F)[nH]c2ccc(Cl)cc12. The standard InChI is InChI=1S/C20H20ClF2N.C10H14F3N/c1-3-4-6-15-16-11-13(21)9-10-18(16)24-20(15)12(2)14-7-5-8-17(22)19(14)23;1-4-5-9(3)14-7-6-8(2)10(11,12)13/h5,7-12,24H,3-4,6H2,1-2H3;5-7H,4H2,1-3H3/b;8-6+,9-5+,14-7+. The minimum Gasteiger partial charge on any atom is -0.358 e. The average Bonchev–Trinajstić information content (AvgIpc) is 3.21.